The van der Waals surface area contributed by atoms with Crippen molar-refractivity contribution in [2.45, 2.75) is 46.6 Å². The van der Waals surface area contributed by atoms with Crippen molar-refractivity contribution in [1.82, 2.24) is 9.80 Å². The Kier molecular flexibility index (Phi) is 7.53. The van der Waals surface area contributed by atoms with E-state index in [4.69, 9.17) is 4.84 Å². The van der Waals surface area contributed by atoms with Gasteiger partial charge in [-0.05, 0) is 58.2 Å². The van der Waals surface area contributed by atoms with Crippen molar-refractivity contribution in [1.29, 1.82) is 0 Å². The first-order valence-corrected chi connectivity index (χ1v) is 11.0. The zero-order valence-electron chi connectivity index (χ0n) is 18.4. The Morgan fingerprint density at radius 2 is 1.69 bits per heavy atom. The third-order valence-electron chi connectivity index (χ3n) is 6.18. The minimum atomic E-state index is 0.177. The van der Waals surface area contributed by atoms with Crippen molar-refractivity contribution < 1.29 is 9.63 Å². The van der Waals surface area contributed by atoms with Gasteiger partial charge in [0.2, 0.25) is 5.91 Å². The molecule has 0 unspecified atom stereocenters. The molecule has 1 aromatic rings. The van der Waals surface area contributed by atoms with E-state index in [1.165, 1.54) is 5.69 Å². The number of carbonyl (C=O) groups is 1. The molecule has 0 radical (unpaired) electrons. The largest absolute Gasteiger partial charge is 0.396 e. The van der Waals surface area contributed by atoms with Gasteiger partial charge in [-0.3, -0.25) is 9.69 Å². The summed E-state index contributed by atoms with van der Waals surface area (Å²) in [7, 11) is 0. The van der Waals surface area contributed by atoms with Gasteiger partial charge in [-0.2, -0.15) is 0 Å². The number of amides is 1. The molecule has 1 aromatic carbocycles. The topological polar surface area (TPSA) is 48.4 Å². The molecule has 1 amide bonds. The number of nitrogens with zero attached hydrogens (tertiary/aromatic N) is 4. The number of hydrogen-bond acceptors (Lipinski definition) is 5. The molecule has 0 aromatic heterocycles. The lowest BCUT2D eigenvalue weighted by Gasteiger charge is -2.40. The van der Waals surface area contributed by atoms with Crippen LogP contribution in [0.5, 0.6) is 0 Å². The molecule has 2 fully saturated rings. The maximum absolute atomic E-state index is 12.9. The van der Waals surface area contributed by atoms with Crippen LogP contribution in [-0.2, 0) is 9.63 Å². The van der Waals surface area contributed by atoms with Gasteiger partial charge in [0.25, 0.3) is 0 Å². The summed E-state index contributed by atoms with van der Waals surface area (Å²) in [5.74, 6) is 0.544. The highest BCUT2D eigenvalue weighted by Crippen LogP contribution is 2.25. The molecule has 0 atom stereocenters. The number of piperidine rings is 1. The molecule has 3 rings (SSSR count). The van der Waals surface area contributed by atoms with E-state index in [1.54, 1.807) is 0 Å². The number of carbonyl (C=O) groups excluding carboxylic acids is 1. The average Bonchev–Trinajstić information content (AvgIpc) is 2.77. The van der Waals surface area contributed by atoms with E-state index >= 15 is 0 Å². The Labute approximate surface area is 175 Å². The first-order valence-electron chi connectivity index (χ1n) is 11.0. The summed E-state index contributed by atoms with van der Waals surface area (Å²) in [6.07, 6.45) is 1.88. The van der Waals surface area contributed by atoms with Gasteiger partial charge in [-0.25, -0.2) is 0 Å². The highest BCUT2D eigenvalue weighted by molar-refractivity contribution is 5.98. The first kappa shape index (κ1) is 21.6. The van der Waals surface area contributed by atoms with Crippen LogP contribution in [0.4, 0.5) is 5.69 Å². The van der Waals surface area contributed by atoms with Gasteiger partial charge in [0.15, 0.2) is 0 Å². The highest BCUT2D eigenvalue weighted by Gasteiger charge is 2.30. The fourth-order valence-electron chi connectivity index (χ4n) is 4.23. The predicted molar refractivity (Wildman–Crippen MR) is 119 cm³/mol. The summed E-state index contributed by atoms with van der Waals surface area (Å²) in [6.45, 7) is 14.6. The standard InChI is InChI=1S/C23H36N4O2/c1-5-29-24-19(4)20-6-8-22(9-7-20)26-12-10-21(11-13-26)23(28)27-16-14-25(15-17-27)18(2)3/h6-9,18,21H,5,10-17H2,1-4H3/b24-19+. The second kappa shape index (κ2) is 10.1. The third-order valence-corrected chi connectivity index (χ3v) is 6.18. The van der Waals surface area contributed by atoms with Crippen LogP contribution in [0, 0.1) is 5.92 Å². The van der Waals surface area contributed by atoms with Crippen LogP contribution in [0.25, 0.3) is 0 Å². The lowest BCUT2D eigenvalue weighted by molar-refractivity contribution is -0.138. The molecule has 6 heteroatoms. The Morgan fingerprint density at radius 1 is 1.07 bits per heavy atom. The summed E-state index contributed by atoms with van der Waals surface area (Å²) < 4.78 is 0. The predicted octanol–water partition coefficient (Wildman–Crippen LogP) is 3.22. The number of benzene rings is 1. The van der Waals surface area contributed by atoms with Crippen LogP contribution in [-0.4, -0.2) is 73.3 Å². The van der Waals surface area contributed by atoms with Crippen molar-refractivity contribution in [3.63, 3.8) is 0 Å². The summed E-state index contributed by atoms with van der Waals surface area (Å²) in [6, 6.07) is 9.05. The van der Waals surface area contributed by atoms with Crippen molar-refractivity contribution in [3.05, 3.63) is 29.8 Å². The molecule has 2 aliphatic heterocycles. The average molecular weight is 401 g/mol. The molecule has 6 nitrogen and oxygen atoms in total. The fourth-order valence-corrected chi connectivity index (χ4v) is 4.23. The van der Waals surface area contributed by atoms with E-state index < -0.39 is 0 Å². The molecule has 0 saturated carbocycles. The van der Waals surface area contributed by atoms with E-state index in [0.29, 0.717) is 18.6 Å². The monoisotopic (exact) mass is 400 g/mol. The van der Waals surface area contributed by atoms with E-state index in [1.807, 2.05) is 13.8 Å². The van der Waals surface area contributed by atoms with E-state index in [9.17, 15) is 4.79 Å². The van der Waals surface area contributed by atoms with Crippen LogP contribution >= 0.6 is 0 Å². The van der Waals surface area contributed by atoms with E-state index in [0.717, 1.165) is 63.4 Å². The van der Waals surface area contributed by atoms with Crippen molar-refractivity contribution in [2.75, 3.05) is 50.8 Å². The molecule has 2 saturated heterocycles. The summed E-state index contributed by atoms with van der Waals surface area (Å²) in [5.41, 5.74) is 3.18. The van der Waals surface area contributed by atoms with Gasteiger partial charge in [-0.1, -0.05) is 17.3 Å². The van der Waals surface area contributed by atoms with Gasteiger partial charge < -0.3 is 14.6 Å². The first-order chi connectivity index (χ1) is 14.0. The zero-order valence-corrected chi connectivity index (χ0v) is 18.4. The van der Waals surface area contributed by atoms with Gasteiger partial charge in [0.1, 0.15) is 6.61 Å². The molecule has 29 heavy (non-hydrogen) atoms. The normalized spacial score (nSPS) is 19.7. The van der Waals surface area contributed by atoms with Crippen LogP contribution in [0.3, 0.4) is 0 Å². The van der Waals surface area contributed by atoms with Crippen LogP contribution < -0.4 is 4.90 Å². The number of rotatable bonds is 6. The Morgan fingerprint density at radius 3 is 2.24 bits per heavy atom. The Hall–Kier alpha value is -2.08. The van der Waals surface area contributed by atoms with Crippen LogP contribution in [0.2, 0.25) is 0 Å². The number of piperazine rings is 1. The maximum atomic E-state index is 12.9. The lowest BCUT2D eigenvalue weighted by atomic mass is 9.94. The Bertz CT molecular complexity index is 685. The highest BCUT2D eigenvalue weighted by atomic mass is 16.6. The molecule has 0 N–H and O–H groups in total. The minimum absolute atomic E-state index is 0.177. The van der Waals surface area contributed by atoms with Crippen LogP contribution in [0.15, 0.2) is 29.4 Å². The summed E-state index contributed by atoms with van der Waals surface area (Å²) >= 11 is 0. The molecule has 160 valence electrons. The second-order valence-corrected chi connectivity index (χ2v) is 8.36. The van der Waals surface area contributed by atoms with Gasteiger partial charge >= 0.3 is 0 Å². The zero-order chi connectivity index (χ0) is 20.8. The van der Waals surface area contributed by atoms with E-state index in [2.05, 4.69) is 58.0 Å². The number of hydrogen-bond donors (Lipinski definition) is 0. The van der Waals surface area contributed by atoms with Gasteiger partial charge in [0.05, 0.1) is 5.71 Å². The van der Waals surface area contributed by atoms with Gasteiger partial charge in [0, 0.05) is 56.9 Å². The number of oxime groups is 1. The van der Waals surface area contributed by atoms with Crippen molar-refractivity contribution in [3.8, 4) is 0 Å². The molecule has 2 heterocycles. The third kappa shape index (κ3) is 5.50. The Balaban J connectivity index is 1.49. The SMILES string of the molecule is CCO/N=C(\C)c1ccc(N2CCC(C(=O)N3CCN(C(C)C)CC3)CC2)cc1. The van der Waals surface area contributed by atoms with Crippen LogP contribution in [0.1, 0.15) is 46.1 Å². The molecular weight excluding hydrogens is 364 g/mol. The summed E-state index contributed by atoms with van der Waals surface area (Å²) in [4.78, 5) is 25.0. The lowest BCUT2D eigenvalue weighted by Crippen LogP contribution is -2.53. The van der Waals surface area contributed by atoms with Gasteiger partial charge in [-0.15, -0.1) is 0 Å². The minimum Gasteiger partial charge on any atom is -0.396 e. The molecular formula is C23H36N4O2. The second-order valence-electron chi connectivity index (χ2n) is 8.36. The molecule has 0 aliphatic carbocycles. The fraction of sp³-hybridized carbons (Fsp3) is 0.652. The smallest absolute Gasteiger partial charge is 0.225 e. The molecule has 2 aliphatic rings. The van der Waals surface area contributed by atoms with E-state index in [-0.39, 0.29) is 5.92 Å². The molecule has 0 spiro atoms. The number of anilines is 1. The molecule has 0 bridgehead atoms. The van der Waals surface area contributed by atoms with Crippen molar-refractivity contribution in [2.24, 2.45) is 11.1 Å². The quantitative estimate of drug-likeness (QED) is 0.543. The summed E-state index contributed by atoms with van der Waals surface area (Å²) in [5, 5.41) is 4.10. The maximum Gasteiger partial charge on any atom is 0.225 e. The van der Waals surface area contributed by atoms with Crippen molar-refractivity contribution >= 4 is 17.3 Å².